The van der Waals surface area contributed by atoms with E-state index in [1.807, 2.05) is 30.3 Å². The SMILES string of the molecule is O=C(NS(=O)(=O)C[C@@H]1CCOC1)c1cncc(-c2ccccc2)c1. The number of aromatic nitrogens is 1. The van der Waals surface area contributed by atoms with Gasteiger partial charge >= 0.3 is 0 Å². The second-order valence-corrected chi connectivity index (χ2v) is 7.54. The van der Waals surface area contributed by atoms with Crippen LogP contribution in [0.2, 0.25) is 0 Å². The number of hydrogen-bond donors (Lipinski definition) is 1. The molecule has 1 aromatic heterocycles. The van der Waals surface area contributed by atoms with Gasteiger partial charge in [0.25, 0.3) is 5.91 Å². The summed E-state index contributed by atoms with van der Waals surface area (Å²) >= 11 is 0. The second kappa shape index (κ2) is 7.11. The quantitative estimate of drug-likeness (QED) is 0.893. The molecule has 0 spiro atoms. The number of rotatable bonds is 5. The first-order valence-corrected chi connectivity index (χ1v) is 9.32. The van der Waals surface area contributed by atoms with E-state index < -0.39 is 15.9 Å². The Kier molecular flexibility index (Phi) is 4.92. The first-order valence-electron chi connectivity index (χ1n) is 7.66. The monoisotopic (exact) mass is 346 g/mol. The number of hydrogen-bond acceptors (Lipinski definition) is 5. The molecule has 126 valence electrons. The third-order valence-corrected chi connectivity index (χ3v) is 5.24. The number of carbonyl (C=O) groups is 1. The fraction of sp³-hybridized carbons (Fsp3) is 0.294. The molecule has 1 aliphatic rings. The number of ether oxygens (including phenoxy) is 1. The van der Waals surface area contributed by atoms with Gasteiger partial charge in [-0.05, 0) is 18.1 Å². The summed E-state index contributed by atoms with van der Waals surface area (Å²) in [6.07, 6.45) is 3.69. The predicted molar refractivity (Wildman–Crippen MR) is 89.9 cm³/mol. The molecule has 0 saturated carbocycles. The van der Waals surface area contributed by atoms with Crippen LogP contribution in [0.3, 0.4) is 0 Å². The van der Waals surface area contributed by atoms with Crippen LogP contribution in [0.25, 0.3) is 11.1 Å². The maximum absolute atomic E-state index is 12.3. The van der Waals surface area contributed by atoms with Crippen LogP contribution >= 0.6 is 0 Å². The number of carbonyl (C=O) groups excluding carboxylic acids is 1. The number of sulfonamides is 1. The Hall–Kier alpha value is -2.25. The predicted octanol–water partition coefficient (Wildman–Crippen LogP) is 1.84. The van der Waals surface area contributed by atoms with Crippen molar-refractivity contribution in [3.05, 3.63) is 54.4 Å². The zero-order valence-corrected chi connectivity index (χ0v) is 13.8. The van der Waals surface area contributed by atoms with Crippen molar-refractivity contribution in [1.82, 2.24) is 9.71 Å². The normalized spacial score (nSPS) is 17.6. The fourth-order valence-electron chi connectivity index (χ4n) is 2.62. The standard InChI is InChI=1S/C17H18N2O4S/c20-17(19-24(21,22)12-13-6-7-23-11-13)16-8-15(9-18-10-16)14-4-2-1-3-5-14/h1-5,8-10,13H,6-7,11-12H2,(H,19,20)/t13-/m1/s1. The molecule has 7 heteroatoms. The molecular weight excluding hydrogens is 328 g/mol. The zero-order valence-electron chi connectivity index (χ0n) is 13.0. The first-order chi connectivity index (χ1) is 11.5. The van der Waals surface area contributed by atoms with Gasteiger partial charge in [0.15, 0.2) is 0 Å². The van der Waals surface area contributed by atoms with E-state index >= 15 is 0 Å². The number of pyridine rings is 1. The summed E-state index contributed by atoms with van der Waals surface area (Å²) in [5.41, 5.74) is 1.87. The van der Waals surface area contributed by atoms with Crippen LogP contribution in [0.5, 0.6) is 0 Å². The molecule has 24 heavy (non-hydrogen) atoms. The van der Waals surface area contributed by atoms with E-state index in [0.717, 1.165) is 11.1 Å². The lowest BCUT2D eigenvalue weighted by Crippen LogP contribution is -2.35. The highest BCUT2D eigenvalue weighted by atomic mass is 32.2. The molecule has 1 N–H and O–H groups in total. The number of nitrogens with one attached hydrogen (secondary N) is 1. The second-order valence-electron chi connectivity index (χ2n) is 5.77. The molecule has 2 aromatic rings. The van der Waals surface area contributed by atoms with Crippen molar-refractivity contribution in [2.24, 2.45) is 5.92 Å². The average Bonchev–Trinajstić information content (AvgIpc) is 3.07. The topological polar surface area (TPSA) is 85.4 Å². The minimum atomic E-state index is -3.70. The summed E-state index contributed by atoms with van der Waals surface area (Å²) in [4.78, 5) is 16.3. The van der Waals surface area contributed by atoms with Crippen molar-refractivity contribution in [1.29, 1.82) is 0 Å². The van der Waals surface area contributed by atoms with Crippen molar-refractivity contribution in [2.75, 3.05) is 19.0 Å². The van der Waals surface area contributed by atoms with Gasteiger partial charge in [0.1, 0.15) is 0 Å². The summed E-state index contributed by atoms with van der Waals surface area (Å²) in [7, 11) is -3.70. The number of nitrogens with zero attached hydrogens (tertiary/aromatic N) is 1. The molecule has 2 heterocycles. The van der Waals surface area contributed by atoms with Crippen molar-refractivity contribution < 1.29 is 17.9 Å². The van der Waals surface area contributed by atoms with E-state index in [2.05, 4.69) is 9.71 Å². The highest BCUT2D eigenvalue weighted by Crippen LogP contribution is 2.19. The van der Waals surface area contributed by atoms with E-state index in [0.29, 0.717) is 19.6 Å². The van der Waals surface area contributed by atoms with Crippen LogP contribution in [0, 0.1) is 5.92 Å². The molecule has 1 fully saturated rings. The average molecular weight is 346 g/mol. The van der Waals surface area contributed by atoms with E-state index in [-0.39, 0.29) is 17.2 Å². The van der Waals surface area contributed by atoms with Gasteiger partial charge in [-0.25, -0.2) is 13.1 Å². The van der Waals surface area contributed by atoms with Gasteiger partial charge in [-0.3, -0.25) is 9.78 Å². The van der Waals surface area contributed by atoms with Crippen LogP contribution in [-0.4, -0.2) is 38.3 Å². The van der Waals surface area contributed by atoms with Gasteiger partial charge in [0.2, 0.25) is 10.0 Å². The molecular formula is C17H18N2O4S. The minimum absolute atomic E-state index is 0.0657. The summed E-state index contributed by atoms with van der Waals surface area (Å²) < 4.78 is 31.5. The van der Waals surface area contributed by atoms with E-state index in [4.69, 9.17) is 4.74 Å². The third kappa shape index (κ3) is 4.18. The van der Waals surface area contributed by atoms with Crippen LogP contribution < -0.4 is 4.72 Å². The third-order valence-electron chi connectivity index (χ3n) is 3.83. The summed E-state index contributed by atoms with van der Waals surface area (Å²) in [5.74, 6) is -0.840. The molecule has 1 amide bonds. The molecule has 0 aliphatic carbocycles. The smallest absolute Gasteiger partial charge is 0.266 e. The molecule has 1 saturated heterocycles. The van der Waals surface area contributed by atoms with Crippen molar-refractivity contribution in [2.45, 2.75) is 6.42 Å². The maximum Gasteiger partial charge on any atom is 0.266 e. The van der Waals surface area contributed by atoms with Crippen LogP contribution in [0.4, 0.5) is 0 Å². The summed E-state index contributed by atoms with van der Waals surface area (Å²) in [6, 6.07) is 11.1. The Morgan fingerprint density at radius 1 is 1.21 bits per heavy atom. The summed E-state index contributed by atoms with van der Waals surface area (Å²) in [6.45, 7) is 0.983. The largest absolute Gasteiger partial charge is 0.381 e. The number of amides is 1. The van der Waals surface area contributed by atoms with Gasteiger partial charge in [-0.15, -0.1) is 0 Å². The maximum atomic E-state index is 12.3. The van der Waals surface area contributed by atoms with Crippen LogP contribution in [0.1, 0.15) is 16.8 Å². The Morgan fingerprint density at radius 2 is 2.00 bits per heavy atom. The molecule has 3 rings (SSSR count). The van der Waals surface area contributed by atoms with Crippen LogP contribution in [-0.2, 0) is 14.8 Å². The Balaban J connectivity index is 1.73. The molecule has 1 aliphatic heterocycles. The van der Waals surface area contributed by atoms with E-state index in [1.54, 1.807) is 12.3 Å². The lowest BCUT2D eigenvalue weighted by atomic mass is 10.1. The van der Waals surface area contributed by atoms with Crippen molar-refractivity contribution in [3.8, 4) is 11.1 Å². The van der Waals surface area contributed by atoms with Crippen LogP contribution in [0.15, 0.2) is 48.8 Å². The Morgan fingerprint density at radius 3 is 2.71 bits per heavy atom. The molecule has 0 radical (unpaired) electrons. The van der Waals surface area contributed by atoms with Crippen molar-refractivity contribution >= 4 is 15.9 Å². The lowest BCUT2D eigenvalue weighted by Gasteiger charge is -2.10. The number of benzene rings is 1. The van der Waals surface area contributed by atoms with Gasteiger partial charge in [0.05, 0.1) is 17.9 Å². The van der Waals surface area contributed by atoms with Gasteiger partial charge < -0.3 is 4.74 Å². The van der Waals surface area contributed by atoms with Crippen molar-refractivity contribution in [3.63, 3.8) is 0 Å². The molecule has 1 atom stereocenters. The highest BCUT2D eigenvalue weighted by Gasteiger charge is 2.25. The minimum Gasteiger partial charge on any atom is -0.381 e. The zero-order chi connectivity index (χ0) is 17.0. The fourth-order valence-corrected chi connectivity index (χ4v) is 3.99. The van der Waals surface area contributed by atoms with E-state index in [1.165, 1.54) is 6.20 Å². The molecule has 6 nitrogen and oxygen atoms in total. The van der Waals surface area contributed by atoms with Gasteiger partial charge in [0, 0.05) is 30.5 Å². The Labute approximate surface area is 140 Å². The molecule has 0 unspecified atom stereocenters. The van der Waals surface area contributed by atoms with Gasteiger partial charge in [-0.1, -0.05) is 30.3 Å². The lowest BCUT2D eigenvalue weighted by molar-refractivity contribution is 0.0981. The molecule has 0 bridgehead atoms. The van der Waals surface area contributed by atoms with Gasteiger partial charge in [-0.2, -0.15) is 0 Å². The Bertz CT molecular complexity index is 815. The molecule has 1 aromatic carbocycles. The van der Waals surface area contributed by atoms with E-state index in [9.17, 15) is 13.2 Å². The summed E-state index contributed by atoms with van der Waals surface area (Å²) in [5, 5.41) is 0. The first kappa shape index (κ1) is 16.6. The highest BCUT2D eigenvalue weighted by molar-refractivity contribution is 7.90.